The van der Waals surface area contributed by atoms with E-state index >= 15 is 0 Å². The fraction of sp³-hybridized carbons (Fsp3) is 0.444. The van der Waals surface area contributed by atoms with Gasteiger partial charge in [0.05, 0.1) is 0 Å². The molecule has 0 radical (unpaired) electrons. The van der Waals surface area contributed by atoms with E-state index in [0.29, 0.717) is 12.6 Å². The number of ether oxygens (including phenoxy) is 1. The van der Waals surface area contributed by atoms with E-state index in [0.717, 1.165) is 64.1 Å². The van der Waals surface area contributed by atoms with Gasteiger partial charge in [0.2, 0.25) is 0 Å². The van der Waals surface area contributed by atoms with Crippen molar-refractivity contribution in [2.45, 2.75) is 44.8 Å². The molecule has 0 spiro atoms. The number of amides is 1. The molecular weight excluding hydrogens is 398 g/mol. The number of carbonyl (C=O) groups excluding carboxylic acids is 1. The lowest BCUT2D eigenvalue weighted by atomic mass is 9.98. The predicted octanol–water partition coefficient (Wildman–Crippen LogP) is 3.91. The Hall–Kier alpha value is -2.63. The third kappa shape index (κ3) is 3.35. The summed E-state index contributed by atoms with van der Waals surface area (Å²) >= 11 is 0. The van der Waals surface area contributed by atoms with Crippen LogP contribution in [0.2, 0.25) is 0 Å². The van der Waals surface area contributed by atoms with Gasteiger partial charge in [-0.05, 0) is 54.2 Å². The van der Waals surface area contributed by atoms with Crippen LogP contribution in [0, 0.1) is 0 Å². The van der Waals surface area contributed by atoms with Crippen molar-refractivity contribution < 1.29 is 9.53 Å². The van der Waals surface area contributed by atoms with Gasteiger partial charge in [0.15, 0.2) is 0 Å². The van der Waals surface area contributed by atoms with Gasteiger partial charge in [-0.2, -0.15) is 0 Å². The Kier molecular flexibility index (Phi) is 5.04. The third-order valence-electron chi connectivity index (χ3n) is 7.81. The van der Waals surface area contributed by atoms with Crippen LogP contribution in [0.5, 0.6) is 0 Å². The van der Waals surface area contributed by atoms with Crippen molar-refractivity contribution in [3.63, 3.8) is 0 Å². The molecule has 3 aliphatic rings. The Morgan fingerprint density at radius 1 is 0.969 bits per heavy atom. The normalized spacial score (nSPS) is 19.7. The Morgan fingerprint density at radius 2 is 1.78 bits per heavy atom. The summed E-state index contributed by atoms with van der Waals surface area (Å²) in [6, 6.07) is 15.4. The number of rotatable bonds is 2. The molecule has 1 saturated heterocycles. The van der Waals surface area contributed by atoms with Gasteiger partial charge >= 0.3 is 0 Å². The summed E-state index contributed by atoms with van der Waals surface area (Å²) in [5.41, 5.74) is 7.55. The van der Waals surface area contributed by atoms with Crippen LogP contribution in [0.4, 0.5) is 0 Å². The first-order valence-electron chi connectivity index (χ1n) is 12.0. The number of carbonyl (C=O) groups is 1. The second-order valence-electron chi connectivity index (χ2n) is 9.53. The van der Waals surface area contributed by atoms with Gasteiger partial charge in [-0.25, -0.2) is 0 Å². The number of hydrogen-bond donors (Lipinski definition) is 0. The number of fused-ring (bicyclic) bond motifs is 4. The summed E-state index contributed by atoms with van der Waals surface area (Å²) in [4.78, 5) is 18.1. The minimum atomic E-state index is 0.149. The highest BCUT2D eigenvalue weighted by molar-refractivity contribution is 5.99. The lowest BCUT2D eigenvalue weighted by Crippen LogP contribution is -2.42. The second-order valence-corrected chi connectivity index (χ2v) is 9.53. The molecule has 3 aromatic rings. The molecule has 1 aromatic heterocycles. The van der Waals surface area contributed by atoms with Crippen molar-refractivity contribution >= 4 is 16.8 Å². The smallest absolute Gasteiger partial charge is 0.254 e. The van der Waals surface area contributed by atoms with Crippen molar-refractivity contribution in [2.24, 2.45) is 7.05 Å². The molecular formula is C27H31N3O2. The van der Waals surface area contributed by atoms with Crippen molar-refractivity contribution in [1.29, 1.82) is 0 Å². The summed E-state index contributed by atoms with van der Waals surface area (Å²) < 4.78 is 7.93. The Morgan fingerprint density at radius 3 is 2.62 bits per heavy atom. The monoisotopic (exact) mass is 429 g/mol. The van der Waals surface area contributed by atoms with Gasteiger partial charge in [-0.3, -0.25) is 9.69 Å². The molecule has 166 valence electrons. The highest BCUT2D eigenvalue weighted by atomic mass is 16.5. The minimum absolute atomic E-state index is 0.149. The van der Waals surface area contributed by atoms with Crippen LogP contribution in [0.1, 0.15) is 45.6 Å². The summed E-state index contributed by atoms with van der Waals surface area (Å²) in [6.07, 6.45) is 4.26. The summed E-state index contributed by atoms with van der Waals surface area (Å²) in [7, 11) is 2.17. The zero-order valence-electron chi connectivity index (χ0n) is 18.8. The van der Waals surface area contributed by atoms with Crippen molar-refractivity contribution in [3.8, 4) is 0 Å². The zero-order chi connectivity index (χ0) is 21.7. The molecule has 4 heterocycles. The van der Waals surface area contributed by atoms with Crippen LogP contribution in [0.25, 0.3) is 10.9 Å². The highest BCUT2D eigenvalue weighted by Crippen LogP contribution is 2.33. The third-order valence-corrected chi connectivity index (χ3v) is 7.81. The summed E-state index contributed by atoms with van der Waals surface area (Å²) in [5, 5.41) is 1.25. The molecule has 0 bridgehead atoms. The molecule has 3 aliphatic heterocycles. The van der Waals surface area contributed by atoms with Crippen LogP contribution < -0.4 is 0 Å². The number of benzene rings is 2. The first kappa shape index (κ1) is 20.0. The van der Waals surface area contributed by atoms with E-state index in [1.54, 1.807) is 0 Å². The molecule has 1 amide bonds. The molecule has 0 aliphatic carbocycles. The fourth-order valence-electron chi connectivity index (χ4n) is 5.95. The van der Waals surface area contributed by atoms with Gasteiger partial charge in [0.1, 0.15) is 0 Å². The van der Waals surface area contributed by atoms with E-state index < -0.39 is 0 Å². The predicted molar refractivity (Wildman–Crippen MR) is 126 cm³/mol. The Bertz CT molecular complexity index is 1180. The van der Waals surface area contributed by atoms with Crippen molar-refractivity contribution in [1.82, 2.24) is 14.4 Å². The summed E-state index contributed by atoms with van der Waals surface area (Å²) in [5.74, 6) is 0.149. The summed E-state index contributed by atoms with van der Waals surface area (Å²) in [6.45, 7) is 5.34. The lowest BCUT2D eigenvalue weighted by molar-refractivity contribution is 0.0289. The average Bonchev–Trinajstić information content (AvgIpc) is 3.14. The fourth-order valence-corrected chi connectivity index (χ4v) is 5.95. The zero-order valence-corrected chi connectivity index (χ0v) is 18.8. The van der Waals surface area contributed by atoms with Crippen LogP contribution in [0.15, 0.2) is 42.5 Å². The molecule has 0 N–H and O–H groups in total. The van der Waals surface area contributed by atoms with E-state index in [4.69, 9.17) is 4.74 Å². The molecule has 5 heteroatoms. The van der Waals surface area contributed by atoms with E-state index in [2.05, 4.69) is 52.9 Å². The lowest BCUT2D eigenvalue weighted by Gasteiger charge is -2.37. The van der Waals surface area contributed by atoms with Gasteiger partial charge < -0.3 is 14.2 Å². The maximum atomic E-state index is 13.4. The first-order chi connectivity index (χ1) is 15.7. The Balaban J connectivity index is 1.30. The highest BCUT2D eigenvalue weighted by Gasteiger charge is 2.29. The molecule has 0 saturated carbocycles. The SMILES string of the molecule is Cn1c2c(c3cc(C(=O)N4CCc5ccccc5C4)ccc31)CN(C1CCOCC1)CC2. The largest absolute Gasteiger partial charge is 0.381 e. The molecule has 6 rings (SSSR count). The molecule has 0 atom stereocenters. The topological polar surface area (TPSA) is 37.7 Å². The van der Waals surface area contributed by atoms with E-state index in [1.165, 1.54) is 33.3 Å². The van der Waals surface area contributed by atoms with Crippen LogP contribution in [-0.2, 0) is 37.7 Å². The number of nitrogens with zero attached hydrogens (tertiary/aromatic N) is 3. The molecule has 32 heavy (non-hydrogen) atoms. The minimum Gasteiger partial charge on any atom is -0.381 e. The van der Waals surface area contributed by atoms with Crippen LogP contribution in [0.3, 0.4) is 0 Å². The maximum absolute atomic E-state index is 13.4. The molecule has 5 nitrogen and oxygen atoms in total. The average molecular weight is 430 g/mol. The van der Waals surface area contributed by atoms with E-state index in [-0.39, 0.29) is 5.91 Å². The van der Waals surface area contributed by atoms with Gasteiger partial charge in [-0.15, -0.1) is 0 Å². The van der Waals surface area contributed by atoms with Gasteiger partial charge in [0.25, 0.3) is 5.91 Å². The van der Waals surface area contributed by atoms with Gasteiger partial charge in [0, 0.05) is 81.1 Å². The maximum Gasteiger partial charge on any atom is 0.254 e. The molecule has 1 fully saturated rings. The molecule has 0 unspecified atom stereocenters. The van der Waals surface area contributed by atoms with Gasteiger partial charge in [-0.1, -0.05) is 24.3 Å². The van der Waals surface area contributed by atoms with Crippen molar-refractivity contribution in [2.75, 3.05) is 26.3 Å². The molecule has 2 aromatic carbocycles. The Labute approximate surface area is 189 Å². The van der Waals surface area contributed by atoms with Crippen LogP contribution >= 0.6 is 0 Å². The first-order valence-corrected chi connectivity index (χ1v) is 12.0. The second kappa shape index (κ2) is 8.05. The standard InChI is InChI=1S/C27H31N3O2/c1-28-25-7-6-20(27(31)30-12-8-19-4-2-3-5-21(19)17-30)16-23(25)24-18-29(13-9-26(24)28)22-10-14-32-15-11-22/h2-7,16,22H,8-15,17-18H2,1H3. The number of aryl methyl sites for hydroxylation is 1. The van der Waals surface area contributed by atoms with Crippen molar-refractivity contribution in [3.05, 3.63) is 70.4 Å². The van der Waals surface area contributed by atoms with Crippen LogP contribution in [-0.4, -0.2) is 52.6 Å². The quantitative estimate of drug-likeness (QED) is 0.620. The van der Waals surface area contributed by atoms with E-state index in [1.807, 2.05) is 11.0 Å². The number of aromatic nitrogens is 1. The van der Waals surface area contributed by atoms with E-state index in [9.17, 15) is 4.79 Å². The number of hydrogen-bond acceptors (Lipinski definition) is 3.